The number of anilines is 1. The van der Waals surface area contributed by atoms with Gasteiger partial charge in [0.15, 0.2) is 5.82 Å². The SMILES string of the molecule is CC(C)Oc1ccccc1CNC1CCCN(c2cccnn2)C1. The van der Waals surface area contributed by atoms with Crippen LogP contribution in [-0.4, -0.2) is 35.4 Å². The molecule has 1 atom stereocenters. The van der Waals surface area contributed by atoms with Crippen LogP contribution >= 0.6 is 0 Å². The summed E-state index contributed by atoms with van der Waals surface area (Å²) in [4.78, 5) is 2.31. The first-order chi connectivity index (χ1) is 11.7. The molecule has 0 aliphatic carbocycles. The molecule has 0 spiro atoms. The Kier molecular flexibility index (Phi) is 5.64. The van der Waals surface area contributed by atoms with Crippen molar-refractivity contribution in [1.82, 2.24) is 15.5 Å². The summed E-state index contributed by atoms with van der Waals surface area (Å²) >= 11 is 0. The van der Waals surface area contributed by atoms with Gasteiger partial charge in [0.1, 0.15) is 5.75 Å². The van der Waals surface area contributed by atoms with Gasteiger partial charge in [-0.25, -0.2) is 0 Å². The van der Waals surface area contributed by atoms with E-state index in [0.717, 1.165) is 31.2 Å². The molecule has 0 amide bonds. The molecule has 1 saturated heterocycles. The van der Waals surface area contributed by atoms with Gasteiger partial charge < -0.3 is 15.0 Å². The minimum Gasteiger partial charge on any atom is -0.491 e. The molecule has 1 unspecified atom stereocenters. The van der Waals surface area contributed by atoms with Crippen molar-refractivity contribution in [3.63, 3.8) is 0 Å². The Morgan fingerprint density at radius 3 is 2.92 bits per heavy atom. The molecule has 5 nitrogen and oxygen atoms in total. The predicted octanol–water partition coefficient (Wildman–Crippen LogP) is 3.02. The molecule has 2 heterocycles. The smallest absolute Gasteiger partial charge is 0.151 e. The van der Waals surface area contributed by atoms with Gasteiger partial charge in [0.05, 0.1) is 6.10 Å². The van der Waals surface area contributed by atoms with E-state index in [2.05, 4.69) is 46.4 Å². The van der Waals surface area contributed by atoms with Crippen molar-refractivity contribution in [1.29, 1.82) is 0 Å². The van der Waals surface area contributed by atoms with Gasteiger partial charge in [-0.05, 0) is 44.9 Å². The third-order valence-corrected chi connectivity index (χ3v) is 4.22. The number of para-hydroxylation sites is 1. The summed E-state index contributed by atoms with van der Waals surface area (Å²) in [6.07, 6.45) is 4.25. The molecular formula is C19H26N4O. The zero-order valence-electron chi connectivity index (χ0n) is 14.5. The highest BCUT2D eigenvalue weighted by Gasteiger charge is 2.21. The summed E-state index contributed by atoms with van der Waals surface area (Å²) in [5.41, 5.74) is 1.21. The van der Waals surface area contributed by atoms with Crippen molar-refractivity contribution >= 4 is 5.82 Å². The lowest BCUT2D eigenvalue weighted by molar-refractivity contribution is 0.239. The molecule has 0 radical (unpaired) electrons. The molecular weight excluding hydrogens is 300 g/mol. The summed E-state index contributed by atoms with van der Waals surface area (Å²) in [5.74, 6) is 1.94. The van der Waals surface area contributed by atoms with Crippen LogP contribution in [0.2, 0.25) is 0 Å². The molecule has 1 aliphatic rings. The minimum atomic E-state index is 0.188. The summed E-state index contributed by atoms with van der Waals surface area (Å²) in [6.45, 7) is 6.95. The van der Waals surface area contributed by atoms with E-state index in [4.69, 9.17) is 4.74 Å². The fourth-order valence-electron chi connectivity index (χ4n) is 3.09. The highest BCUT2D eigenvalue weighted by Crippen LogP contribution is 2.21. The van der Waals surface area contributed by atoms with E-state index in [0.29, 0.717) is 6.04 Å². The summed E-state index contributed by atoms with van der Waals surface area (Å²) in [5, 5.41) is 11.9. The first-order valence-electron chi connectivity index (χ1n) is 8.73. The third-order valence-electron chi connectivity index (χ3n) is 4.22. The van der Waals surface area contributed by atoms with Gasteiger partial charge >= 0.3 is 0 Å². The average Bonchev–Trinajstić information content (AvgIpc) is 2.61. The fourth-order valence-corrected chi connectivity index (χ4v) is 3.09. The third kappa shape index (κ3) is 4.45. The lowest BCUT2D eigenvalue weighted by Gasteiger charge is -2.34. The first-order valence-corrected chi connectivity index (χ1v) is 8.73. The van der Waals surface area contributed by atoms with Gasteiger partial charge in [-0.2, -0.15) is 5.10 Å². The molecule has 5 heteroatoms. The van der Waals surface area contributed by atoms with E-state index < -0.39 is 0 Å². The lowest BCUT2D eigenvalue weighted by atomic mass is 10.0. The van der Waals surface area contributed by atoms with E-state index in [1.165, 1.54) is 18.4 Å². The monoisotopic (exact) mass is 326 g/mol. The van der Waals surface area contributed by atoms with Crippen LogP contribution in [0.5, 0.6) is 5.75 Å². The Labute approximate surface area is 144 Å². The predicted molar refractivity (Wildman–Crippen MR) is 96.3 cm³/mol. The summed E-state index contributed by atoms with van der Waals surface area (Å²) < 4.78 is 5.91. The van der Waals surface area contributed by atoms with Crippen LogP contribution in [0.1, 0.15) is 32.3 Å². The van der Waals surface area contributed by atoms with Crippen molar-refractivity contribution in [2.45, 2.75) is 45.4 Å². The maximum Gasteiger partial charge on any atom is 0.151 e. The Bertz CT molecular complexity index is 632. The number of nitrogens with zero attached hydrogens (tertiary/aromatic N) is 3. The van der Waals surface area contributed by atoms with Gasteiger partial charge in [-0.3, -0.25) is 0 Å². The van der Waals surface area contributed by atoms with Crippen LogP contribution in [0.15, 0.2) is 42.6 Å². The number of aromatic nitrogens is 2. The van der Waals surface area contributed by atoms with Crippen LogP contribution in [0.3, 0.4) is 0 Å². The molecule has 0 saturated carbocycles. The zero-order valence-corrected chi connectivity index (χ0v) is 14.5. The van der Waals surface area contributed by atoms with Crippen molar-refractivity contribution < 1.29 is 4.74 Å². The molecule has 1 fully saturated rings. The number of rotatable bonds is 6. The van der Waals surface area contributed by atoms with Crippen LogP contribution in [-0.2, 0) is 6.54 Å². The largest absolute Gasteiger partial charge is 0.491 e. The normalized spacial score (nSPS) is 18.0. The number of benzene rings is 1. The van der Waals surface area contributed by atoms with E-state index >= 15 is 0 Å². The molecule has 1 N–H and O–H groups in total. The maximum absolute atomic E-state index is 5.91. The van der Waals surface area contributed by atoms with Gasteiger partial charge in [0.25, 0.3) is 0 Å². The van der Waals surface area contributed by atoms with Crippen molar-refractivity contribution in [3.05, 3.63) is 48.2 Å². The standard InChI is InChI=1S/C19H26N4O/c1-15(2)24-18-9-4-3-7-16(18)13-20-17-8-6-12-23(14-17)19-10-5-11-21-22-19/h3-5,7,9-11,15,17,20H,6,8,12-14H2,1-2H3. The fraction of sp³-hybridized carbons (Fsp3) is 0.474. The second-order valence-corrected chi connectivity index (χ2v) is 6.52. The van der Waals surface area contributed by atoms with Crippen molar-refractivity contribution in [2.24, 2.45) is 0 Å². The Balaban J connectivity index is 1.59. The zero-order chi connectivity index (χ0) is 16.8. The van der Waals surface area contributed by atoms with Crippen LogP contribution in [0.4, 0.5) is 5.82 Å². The quantitative estimate of drug-likeness (QED) is 0.884. The number of ether oxygens (including phenoxy) is 1. The maximum atomic E-state index is 5.91. The first kappa shape index (κ1) is 16.7. The van der Waals surface area contributed by atoms with Gasteiger partial charge in [-0.15, -0.1) is 5.10 Å². The van der Waals surface area contributed by atoms with Crippen molar-refractivity contribution in [3.8, 4) is 5.75 Å². The molecule has 3 rings (SSSR count). The molecule has 1 aromatic heterocycles. The second kappa shape index (κ2) is 8.11. The Morgan fingerprint density at radius 1 is 1.25 bits per heavy atom. The van der Waals surface area contributed by atoms with E-state index in [-0.39, 0.29) is 6.10 Å². The minimum absolute atomic E-state index is 0.188. The highest BCUT2D eigenvalue weighted by atomic mass is 16.5. The van der Waals surface area contributed by atoms with Gasteiger partial charge in [-0.1, -0.05) is 18.2 Å². The average molecular weight is 326 g/mol. The topological polar surface area (TPSA) is 50.3 Å². The Morgan fingerprint density at radius 2 is 2.12 bits per heavy atom. The van der Waals surface area contributed by atoms with Gasteiger partial charge in [0.2, 0.25) is 0 Å². The summed E-state index contributed by atoms with van der Waals surface area (Å²) in [6, 6.07) is 12.7. The van der Waals surface area contributed by atoms with Crippen LogP contribution in [0, 0.1) is 0 Å². The number of piperidine rings is 1. The van der Waals surface area contributed by atoms with Crippen molar-refractivity contribution in [2.75, 3.05) is 18.0 Å². The molecule has 1 aliphatic heterocycles. The molecule has 2 aromatic rings. The molecule has 24 heavy (non-hydrogen) atoms. The van der Waals surface area contributed by atoms with Crippen LogP contribution < -0.4 is 15.0 Å². The van der Waals surface area contributed by atoms with E-state index in [1.54, 1.807) is 6.20 Å². The van der Waals surface area contributed by atoms with Crippen LogP contribution in [0.25, 0.3) is 0 Å². The number of hydrogen-bond acceptors (Lipinski definition) is 5. The summed E-state index contributed by atoms with van der Waals surface area (Å²) in [7, 11) is 0. The highest BCUT2D eigenvalue weighted by molar-refractivity contribution is 5.37. The lowest BCUT2D eigenvalue weighted by Crippen LogP contribution is -2.45. The molecule has 0 bridgehead atoms. The second-order valence-electron chi connectivity index (χ2n) is 6.52. The van der Waals surface area contributed by atoms with Gasteiger partial charge in [0, 0.05) is 37.4 Å². The van der Waals surface area contributed by atoms with E-state index in [1.807, 2.05) is 24.3 Å². The van der Waals surface area contributed by atoms with E-state index in [9.17, 15) is 0 Å². The number of nitrogens with one attached hydrogen (secondary N) is 1. The molecule has 128 valence electrons. The number of hydrogen-bond donors (Lipinski definition) is 1. The Hall–Kier alpha value is -2.14. The molecule has 1 aromatic carbocycles.